The molecule has 0 spiro atoms. The van der Waals surface area contributed by atoms with Crippen molar-refractivity contribution in [2.45, 2.75) is 4.90 Å². The molecule has 3 aromatic rings. The topological polar surface area (TPSA) is 109 Å². The summed E-state index contributed by atoms with van der Waals surface area (Å²) in [4.78, 5) is 3.15. The summed E-state index contributed by atoms with van der Waals surface area (Å²) in [6.45, 7) is 0. The highest BCUT2D eigenvalue weighted by molar-refractivity contribution is 7.92. The van der Waals surface area contributed by atoms with Crippen LogP contribution in [0.2, 0.25) is 0 Å². The molecule has 11 heteroatoms. The largest absolute Gasteiger partial charge is 0.383 e. The Balaban J connectivity index is 1.98. The van der Waals surface area contributed by atoms with Gasteiger partial charge in [0, 0.05) is 23.5 Å². The van der Waals surface area contributed by atoms with E-state index in [0.717, 1.165) is 24.4 Å². The molecule has 1 heterocycles. The van der Waals surface area contributed by atoms with Gasteiger partial charge in [-0.25, -0.2) is 31.0 Å². The molecule has 0 saturated carbocycles. The fourth-order valence-corrected chi connectivity index (χ4v) is 3.48. The number of nitrogens with one attached hydrogen (secondary N) is 2. The number of rotatable bonds is 4. The molecule has 0 radical (unpaired) electrons. The summed E-state index contributed by atoms with van der Waals surface area (Å²) in [5.41, 5.74) is 4.63. The van der Waals surface area contributed by atoms with Gasteiger partial charge in [0.05, 0.1) is 16.1 Å². The van der Waals surface area contributed by atoms with Crippen LogP contribution in [0.1, 0.15) is 16.7 Å². The number of nitrogen functional groups attached to an aromatic ring is 1. The third-order valence-electron chi connectivity index (χ3n) is 3.97. The molecular weight excluding hydrogens is 436 g/mol. The molecule has 0 aliphatic rings. The Morgan fingerprint density at radius 1 is 1.00 bits per heavy atom. The Morgan fingerprint density at radius 3 is 2.39 bits per heavy atom. The van der Waals surface area contributed by atoms with E-state index in [1.807, 2.05) is 4.72 Å². The van der Waals surface area contributed by atoms with E-state index in [9.17, 15) is 26.0 Å². The lowest BCUT2D eigenvalue weighted by molar-refractivity contribution is 0.504. The van der Waals surface area contributed by atoms with Crippen LogP contribution >= 0.6 is 0 Å². The highest BCUT2D eigenvalue weighted by Crippen LogP contribution is 2.24. The zero-order chi connectivity index (χ0) is 22.8. The summed E-state index contributed by atoms with van der Waals surface area (Å²) < 4.78 is 81.8. The molecule has 0 aliphatic heterocycles. The number of aromatic nitrogens is 1. The number of anilines is 2. The minimum Gasteiger partial charge on any atom is -0.383 e. The second-order valence-corrected chi connectivity index (χ2v) is 7.74. The average molecular weight is 448 g/mol. The molecule has 0 bridgehead atoms. The van der Waals surface area contributed by atoms with Crippen molar-refractivity contribution in [2.24, 2.45) is 0 Å². The summed E-state index contributed by atoms with van der Waals surface area (Å²) in [5, 5.41) is 7.23. The van der Waals surface area contributed by atoms with Gasteiger partial charge in [0.1, 0.15) is 11.6 Å². The van der Waals surface area contributed by atoms with Gasteiger partial charge in [-0.05, 0) is 36.4 Å². The van der Waals surface area contributed by atoms with Crippen LogP contribution in [0.5, 0.6) is 0 Å². The molecule has 2 aromatic carbocycles. The first-order valence-corrected chi connectivity index (χ1v) is 9.84. The van der Waals surface area contributed by atoms with E-state index in [1.54, 1.807) is 0 Å². The van der Waals surface area contributed by atoms with Crippen LogP contribution in [-0.2, 0) is 10.0 Å². The van der Waals surface area contributed by atoms with Crippen LogP contribution in [0.4, 0.5) is 29.1 Å². The van der Waals surface area contributed by atoms with Crippen LogP contribution in [0.3, 0.4) is 0 Å². The van der Waals surface area contributed by atoms with Crippen LogP contribution in [0.15, 0.2) is 47.5 Å². The van der Waals surface area contributed by atoms with Crippen LogP contribution in [0.25, 0.3) is 0 Å². The van der Waals surface area contributed by atoms with Crippen molar-refractivity contribution < 1.29 is 26.0 Å². The Hall–Kier alpha value is -3.91. The van der Waals surface area contributed by atoms with Gasteiger partial charge in [-0.3, -0.25) is 4.72 Å². The Bertz CT molecular complexity index is 1370. The first-order chi connectivity index (χ1) is 14.6. The van der Waals surface area contributed by atoms with E-state index in [4.69, 9.17) is 11.1 Å². The van der Waals surface area contributed by atoms with E-state index < -0.39 is 49.4 Å². The SMILES string of the molecule is N=Cc1cc(C#Cc2c(F)ccc(NS(=O)(=O)c3ccc(F)c(F)c3)c2F)cnc1N. The third kappa shape index (κ3) is 4.65. The number of hydrogen-bond acceptors (Lipinski definition) is 5. The maximum atomic E-state index is 14.8. The van der Waals surface area contributed by atoms with E-state index >= 15 is 0 Å². The maximum absolute atomic E-state index is 14.8. The zero-order valence-electron chi connectivity index (χ0n) is 15.4. The number of hydrogen-bond donors (Lipinski definition) is 3. The molecule has 0 aliphatic carbocycles. The summed E-state index contributed by atoms with van der Waals surface area (Å²) >= 11 is 0. The number of nitrogens with two attached hydrogens (primary N) is 1. The lowest BCUT2D eigenvalue weighted by Crippen LogP contribution is -2.15. The van der Waals surface area contributed by atoms with Crippen LogP contribution in [-0.4, -0.2) is 19.6 Å². The number of halogens is 4. The van der Waals surface area contributed by atoms with E-state index in [2.05, 4.69) is 16.8 Å². The lowest BCUT2D eigenvalue weighted by atomic mass is 10.1. The predicted octanol–water partition coefficient (Wildman–Crippen LogP) is 3.42. The molecular formula is C20H12F4N4O2S. The number of nitrogens with zero attached hydrogens (tertiary/aromatic N) is 1. The molecule has 0 unspecified atom stereocenters. The molecule has 158 valence electrons. The fraction of sp³-hybridized carbons (Fsp3) is 0. The highest BCUT2D eigenvalue weighted by Gasteiger charge is 2.20. The molecule has 0 fully saturated rings. The van der Waals surface area contributed by atoms with Gasteiger partial charge in [-0.1, -0.05) is 11.8 Å². The van der Waals surface area contributed by atoms with E-state index in [1.165, 1.54) is 12.3 Å². The fourth-order valence-electron chi connectivity index (χ4n) is 2.40. The smallest absolute Gasteiger partial charge is 0.262 e. The van der Waals surface area contributed by atoms with Gasteiger partial charge in [0.2, 0.25) is 0 Å². The normalized spacial score (nSPS) is 10.8. The van der Waals surface area contributed by atoms with Crippen molar-refractivity contribution in [3.63, 3.8) is 0 Å². The minimum absolute atomic E-state index is 0.0755. The van der Waals surface area contributed by atoms with Crippen molar-refractivity contribution in [3.05, 3.63) is 82.6 Å². The third-order valence-corrected chi connectivity index (χ3v) is 5.34. The Morgan fingerprint density at radius 2 is 1.71 bits per heavy atom. The van der Waals surface area contributed by atoms with Gasteiger partial charge in [-0.15, -0.1) is 0 Å². The zero-order valence-corrected chi connectivity index (χ0v) is 16.2. The molecule has 1 aromatic heterocycles. The van der Waals surface area contributed by atoms with Crippen LogP contribution in [0, 0.1) is 40.5 Å². The van der Waals surface area contributed by atoms with Crippen molar-refractivity contribution >= 4 is 27.7 Å². The Labute approximate surface area is 174 Å². The van der Waals surface area contributed by atoms with Crippen molar-refractivity contribution in [1.82, 2.24) is 4.98 Å². The summed E-state index contributed by atoms with van der Waals surface area (Å²) in [5.74, 6) is -0.247. The molecule has 6 nitrogen and oxygen atoms in total. The quantitative estimate of drug-likeness (QED) is 0.323. The molecule has 0 saturated heterocycles. The van der Waals surface area contributed by atoms with Gasteiger partial charge in [0.25, 0.3) is 10.0 Å². The first-order valence-electron chi connectivity index (χ1n) is 8.36. The van der Waals surface area contributed by atoms with Gasteiger partial charge in [0.15, 0.2) is 17.5 Å². The molecule has 4 N–H and O–H groups in total. The maximum Gasteiger partial charge on any atom is 0.262 e. The second-order valence-electron chi connectivity index (χ2n) is 6.06. The molecule has 31 heavy (non-hydrogen) atoms. The predicted molar refractivity (Wildman–Crippen MR) is 106 cm³/mol. The lowest BCUT2D eigenvalue weighted by Gasteiger charge is -2.10. The van der Waals surface area contributed by atoms with Crippen molar-refractivity contribution in [1.29, 1.82) is 5.41 Å². The summed E-state index contributed by atoms with van der Waals surface area (Å²) in [6.07, 6.45) is 2.17. The summed E-state index contributed by atoms with van der Waals surface area (Å²) in [7, 11) is -4.50. The summed E-state index contributed by atoms with van der Waals surface area (Å²) in [6, 6.07) is 4.82. The second kappa shape index (κ2) is 8.45. The standard InChI is InChI=1S/C20H12F4N4O2S/c21-15-5-6-18(28-31(29,30)13-2-4-16(22)17(23)8-13)19(24)14(15)3-1-11-7-12(9-25)20(26)27-10-11/h2,4-10,25,28H,(H2,26,27). The highest BCUT2D eigenvalue weighted by atomic mass is 32.2. The van der Waals surface area contributed by atoms with Crippen molar-refractivity contribution in [2.75, 3.05) is 10.5 Å². The Kier molecular flexibility index (Phi) is 5.94. The van der Waals surface area contributed by atoms with E-state index in [-0.39, 0.29) is 16.9 Å². The molecule has 0 atom stereocenters. The first kappa shape index (κ1) is 21.8. The van der Waals surface area contributed by atoms with Crippen molar-refractivity contribution in [3.8, 4) is 11.8 Å². The van der Waals surface area contributed by atoms with Gasteiger partial charge >= 0.3 is 0 Å². The van der Waals surface area contributed by atoms with Gasteiger partial charge < -0.3 is 11.1 Å². The van der Waals surface area contributed by atoms with E-state index in [0.29, 0.717) is 12.1 Å². The minimum atomic E-state index is -4.50. The monoisotopic (exact) mass is 448 g/mol. The molecule has 3 rings (SSSR count). The van der Waals surface area contributed by atoms with Gasteiger partial charge in [-0.2, -0.15) is 0 Å². The number of sulfonamides is 1. The average Bonchev–Trinajstić information content (AvgIpc) is 2.73. The van der Waals surface area contributed by atoms with Crippen LogP contribution < -0.4 is 10.5 Å². The number of benzene rings is 2. The number of pyridine rings is 1. The molecule has 0 amide bonds.